The number of fused-ring (bicyclic) bond motifs is 1. The summed E-state index contributed by atoms with van der Waals surface area (Å²) in [6, 6.07) is 9.69. The lowest BCUT2D eigenvalue weighted by atomic mass is 10.00. The predicted molar refractivity (Wildman–Crippen MR) is 111 cm³/mol. The average molecular weight is 408 g/mol. The first-order chi connectivity index (χ1) is 14.6. The normalized spacial score (nSPS) is 17.3. The van der Waals surface area contributed by atoms with Gasteiger partial charge in [-0.15, -0.1) is 0 Å². The lowest BCUT2D eigenvalue weighted by Gasteiger charge is -2.24. The Bertz CT molecular complexity index is 1140. The fraction of sp³-hybridized carbons (Fsp3) is 0.409. The molecule has 8 nitrogen and oxygen atoms in total. The maximum absolute atomic E-state index is 13.5. The molecule has 1 amide bonds. The highest BCUT2D eigenvalue weighted by Crippen LogP contribution is 2.29. The summed E-state index contributed by atoms with van der Waals surface area (Å²) >= 11 is 0. The van der Waals surface area contributed by atoms with E-state index < -0.39 is 17.3 Å². The molecule has 156 valence electrons. The quantitative estimate of drug-likeness (QED) is 0.674. The maximum Gasteiger partial charge on any atom is 0.270 e. The molecule has 1 saturated heterocycles. The molecular formula is C22H24N4O4. The molecule has 3 heterocycles. The molecule has 2 aliphatic rings. The fourth-order valence-electron chi connectivity index (χ4n) is 4.05. The third kappa shape index (κ3) is 3.37. The van der Waals surface area contributed by atoms with Crippen LogP contribution < -0.4 is 10.9 Å². The zero-order chi connectivity index (χ0) is 20.7. The number of benzene rings is 1. The van der Waals surface area contributed by atoms with Crippen molar-refractivity contribution in [2.75, 3.05) is 13.2 Å². The molecule has 2 fully saturated rings. The van der Waals surface area contributed by atoms with Crippen molar-refractivity contribution in [1.82, 2.24) is 19.5 Å². The summed E-state index contributed by atoms with van der Waals surface area (Å²) in [7, 11) is 0. The number of hydrogen-bond donors (Lipinski definition) is 2. The van der Waals surface area contributed by atoms with Crippen LogP contribution in [0.1, 0.15) is 36.0 Å². The molecular weight excluding hydrogens is 384 g/mol. The summed E-state index contributed by atoms with van der Waals surface area (Å²) in [5.41, 5.74) is 1.40. The molecule has 3 aromatic rings. The van der Waals surface area contributed by atoms with Gasteiger partial charge in [-0.1, -0.05) is 30.3 Å². The van der Waals surface area contributed by atoms with Crippen molar-refractivity contribution in [3.8, 4) is 17.0 Å². The number of amides is 1. The van der Waals surface area contributed by atoms with Crippen LogP contribution in [0.3, 0.4) is 0 Å². The van der Waals surface area contributed by atoms with Crippen molar-refractivity contribution in [2.45, 2.75) is 38.3 Å². The van der Waals surface area contributed by atoms with Gasteiger partial charge in [0.1, 0.15) is 0 Å². The predicted octanol–water partition coefficient (Wildman–Crippen LogP) is 2.19. The number of rotatable bonds is 5. The molecule has 0 spiro atoms. The largest absolute Gasteiger partial charge is 0.492 e. The molecule has 30 heavy (non-hydrogen) atoms. The molecule has 0 atom stereocenters. The van der Waals surface area contributed by atoms with Gasteiger partial charge in [0.15, 0.2) is 11.2 Å². The van der Waals surface area contributed by atoms with Crippen LogP contribution >= 0.6 is 0 Å². The smallest absolute Gasteiger partial charge is 0.270 e. The molecule has 0 radical (unpaired) electrons. The Hall–Kier alpha value is -3.13. The van der Waals surface area contributed by atoms with Gasteiger partial charge in [-0.25, -0.2) is 0 Å². The van der Waals surface area contributed by atoms with E-state index in [-0.39, 0.29) is 17.5 Å². The molecule has 1 saturated carbocycles. The molecule has 8 heteroatoms. The first-order valence-corrected chi connectivity index (χ1v) is 10.4. The minimum Gasteiger partial charge on any atom is -0.492 e. The minimum absolute atomic E-state index is 0.0773. The Balaban J connectivity index is 1.69. The fourth-order valence-corrected chi connectivity index (χ4v) is 4.05. The van der Waals surface area contributed by atoms with Gasteiger partial charge in [0.2, 0.25) is 5.88 Å². The van der Waals surface area contributed by atoms with Crippen LogP contribution in [0.25, 0.3) is 16.8 Å². The Morgan fingerprint density at radius 1 is 1.17 bits per heavy atom. The number of nitrogens with zero attached hydrogens (tertiary/aromatic N) is 3. The van der Waals surface area contributed by atoms with Gasteiger partial charge in [0.25, 0.3) is 11.5 Å². The Labute approximate surface area is 173 Å². The van der Waals surface area contributed by atoms with Crippen LogP contribution in [0.5, 0.6) is 5.88 Å². The van der Waals surface area contributed by atoms with Crippen LogP contribution in [-0.4, -0.2) is 44.5 Å². The molecule has 2 aromatic heterocycles. The molecule has 5 rings (SSSR count). The SMILES string of the molecule is O=C(NC1CC1)c1c(O)n2ncc(-c3ccccc3)c2n(CC2CCOCC2)c1=O. The van der Waals surface area contributed by atoms with E-state index in [9.17, 15) is 14.7 Å². The molecule has 2 N–H and O–H groups in total. The van der Waals surface area contributed by atoms with E-state index in [2.05, 4.69) is 10.4 Å². The summed E-state index contributed by atoms with van der Waals surface area (Å²) in [5.74, 6) is -0.708. The topological polar surface area (TPSA) is 97.9 Å². The number of hydrogen-bond acceptors (Lipinski definition) is 5. The number of nitrogens with one attached hydrogen (secondary N) is 1. The summed E-state index contributed by atoms with van der Waals surface area (Å²) in [5, 5.41) is 18.0. The average Bonchev–Trinajstić information content (AvgIpc) is 3.46. The Morgan fingerprint density at radius 3 is 2.60 bits per heavy atom. The highest BCUT2D eigenvalue weighted by Gasteiger charge is 2.30. The van der Waals surface area contributed by atoms with Crippen molar-refractivity contribution in [2.24, 2.45) is 5.92 Å². The number of aromatic hydroxyl groups is 1. The van der Waals surface area contributed by atoms with Crippen molar-refractivity contribution < 1.29 is 14.6 Å². The zero-order valence-electron chi connectivity index (χ0n) is 16.6. The van der Waals surface area contributed by atoms with E-state index in [1.807, 2.05) is 30.3 Å². The number of aromatic nitrogens is 3. The molecule has 0 unspecified atom stereocenters. The van der Waals surface area contributed by atoms with Gasteiger partial charge in [-0.05, 0) is 37.2 Å². The highest BCUT2D eigenvalue weighted by molar-refractivity contribution is 5.97. The number of carbonyl (C=O) groups is 1. The van der Waals surface area contributed by atoms with Gasteiger partial charge in [0.05, 0.1) is 6.20 Å². The third-order valence-corrected chi connectivity index (χ3v) is 5.89. The Morgan fingerprint density at radius 2 is 1.90 bits per heavy atom. The second-order valence-electron chi connectivity index (χ2n) is 8.08. The van der Waals surface area contributed by atoms with E-state index in [0.29, 0.717) is 25.4 Å². The lowest BCUT2D eigenvalue weighted by Crippen LogP contribution is -2.37. The maximum atomic E-state index is 13.5. The summed E-state index contributed by atoms with van der Waals surface area (Å²) in [6.07, 6.45) is 5.11. The van der Waals surface area contributed by atoms with Gasteiger partial charge in [0, 0.05) is 31.4 Å². The first-order valence-electron chi connectivity index (χ1n) is 10.4. The molecule has 1 aliphatic heterocycles. The highest BCUT2D eigenvalue weighted by atomic mass is 16.5. The number of carbonyl (C=O) groups excluding carboxylic acids is 1. The second-order valence-corrected chi connectivity index (χ2v) is 8.08. The van der Waals surface area contributed by atoms with Crippen LogP contribution in [0.2, 0.25) is 0 Å². The zero-order valence-corrected chi connectivity index (χ0v) is 16.6. The van der Waals surface area contributed by atoms with Crippen LogP contribution in [-0.2, 0) is 11.3 Å². The molecule has 1 aromatic carbocycles. The summed E-state index contributed by atoms with van der Waals surface area (Å²) in [6.45, 7) is 1.77. The van der Waals surface area contributed by atoms with E-state index in [1.54, 1.807) is 10.8 Å². The monoisotopic (exact) mass is 408 g/mol. The van der Waals surface area contributed by atoms with Gasteiger partial charge < -0.3 is 15.2 Å². The van der Waals surface area contributed by atoms with E-state index in [1.165, 1.54) is 4.52 Å². The van der Waals surface area contributed by atoms with Crippen molar-refractivity contribution in [3.63, 3.8) is 0 Å². The third-order valence-electron chi connectivity index (χ3n) is 5.89. The Kier molecular flexibility index (Phi) is 4.78. The van der Waals surface area contributed by atoms with Gasteiger partial charge in [-0.3, -0.25) is 14.2 Å². The lowest BCUT2D eigenvalue weighted by molar-refractivity contribution is 0.0611. The van der Waals surface area contributed by atoms with E-state index >= 15 is 0 Å². The summed E-state index contributed by atoms with van der Waals surface area (Å²) in [4.78, 5) is 26.2. The first kappa shape index (κ1) is 18.9. The van der Waals surface area contributed by atoms with Gasteiger partial charge in [-0.2, -0.15) is 9.61 Å². The standard InChI is InChI=1S/C22H24N4O4/c27-19(24-16-6-7-16)18-21(28)25(13-14-8-10-30-11-9-14)20-17(12-23-26(20)22(18)29)15-4-2-1-3-5-15/h1-5,12,14,16,29H,6-11,13H2,(H,24,27). The van der Waals surface area contributed by atoms with Crippen molar-refractivity contribution >= 4 is 11.6 Å². The summed E-state index contributed by atoms with van der Waals surface area (Å²) < 4.78 is 8.37. The second kappa shape index (κ2) is 7.60. The molecule has 1 aliphatic carbocycles. The number of ether oxygens (including phenoxy) is 1. The van der Waals surface area contributed by atoms with Gasteiger partial charge >= 0.3 is 0 Å². The minimum atomic E-state index is -0.542. The van der Waals surface area contributed by atoms with Crippen LogP contribution in [0.15, 0.2) is 41.3 Å². The van der Waals surface area contributed by atoms with Crippen molar-refractivity contribution in [1.29, 1.82) is 0 Å². The van der Waals surface area contributed by atoms with E-state index in [4.69, 9.17) is 4.74 Å². The van der Waals surface area contributed by atoms with E-state index in [0.717, 1.165) is 36.8 Å². The van der Waals surface area contributed by atoms with Crippen molar-refractivity contribution in [3.05, 3.63) is 52.4 Å². The molecule has 0 bridgehead atoms. The van der Waals surface area contributed by atoms with Crippen LogP contribution in [0, 0.1) is 5.92 Å². The van der Waals surface area contributed by atoms with Crippen LogP contribution in [0.4, 0.5) is 0 Å².